The number of hydrogen-bond acceptors (Lipinski definition) is 6. The molecule has 2 aromatic heterocycles. The number of aromatic nitrogens is 2. The van der Waals surface area contributed by atoms with Crippen LogP contribution in [0.2, 0.25) is 0 Å². The van der Waals surface area contributed by atoms with E-state index in [4.69, 9.17) is 9.15 Å². The third kappa shape index (κ3) is 2.82. The lowest BCUT2D eigenvalue weighted by molar-refractivity contribution is 0.102. The molecular formula is C12H14N4O3. The van der Waals surface area contributed by atoms with Gasteiger partial charge in [0.05, 0.1) is 25.1 Å². The second-order valence-corrected chi connectivity index (χ2v) is 3.95. The summed E-state index contributed by atoms with van der Waals surface area (Å²) in [5, 5.41) is 2.72. The van der Waals surface area contributed by atoms with E-state index in [1.165, 1.54) is 25.8 Å². The molecule has 7 nitrogen and oxygen atoms in total. The van der Waals surface area contributed by atoms with E-state index in [2.05, 4.69) is 15.3 Å². The highest BCUT2D eigenvalue weighted by Gasteiger charge is 2.14. The molecule has 19 heavy (non-hydrogen) atoms. The van der Waals surface area contributed by atoms with E-state index in [1.807, 2.05) is 14.1 Å². The lowest BCUT2D eigenvalue weighted by Gasteiger charge is -2.16. The summed E-state index contributed by atoms with van der Waals surface area (Å²) in [4.78, 5) is 21.8. The van der Waals surface area contributed by atoms with Crippen LogP contribution in [0.15, 0.2) is 29.2 Å². The van der Waals surface area contributed by atoms with Gasteiger partial charge in [0.1, 0.15) is 12.0 Å². The summed E-state index contributed by atoms with van der Waals surface area (Å²) in [7, 11) is 5.11. The summed E-state index contributed by atoms with van der Waals surface area (Å²) in [5.74, 6) is 0.273. The summed E-state index contributed by atoms with van der Waals surface area (Å²) < 4.78 is 9.83. The van der Waals surface area contributed by atoms with Crippen LogP contribution in [0.25, 0.3) is 0 Å². The summed E-state index contributed by atoms with van der Waals surface area (Å²) in [5.41, 5.74) is 0.928. The predicted molar refractivity (Wildman–Crippen MR) is 69.6 cm³/mol. The van der Waals surface area contributed by atoms with Crippen LogP contribution in [0, 0.1) is 0 Å². The van der Waals surface area contributed by atoms with Gasteiger partial charge in [-0.15, -0.1) is 0 Å². The molecule has 0 saturated heterocycles. The standard InChI is InChI=1S/C12H14N4O3/c1-16(2)10-9(6-13-12(15-10)18-3)14-11(17)8-4-5-19-7-8/h4-7H,1-3H3,(H,14,17). The molecule has 7 heteroatoms. The molecule has 2 heterocycles. The number of amides is 1. The highest BCUT2D eigenvalue weighted by molar-refractivity contribution is 6.05. The summed E-state index contributed by atoms with van der Waals surface area (Å²) in [6.45, 7) is 0. The molecule has 0 radical (unpaired) electrons. The zero-order chi connectivity index (χ0) is 13.8. The fourth-order valence-electron chi connectivity index (χ4n) is 1.47. The van der Waals surface area contributed by atoms with Gasteiger partial charge >= 0.3 is 6.01 Å². The molecule has 0 aliphatic carbocycles. The predicted octanol–water partition coefficient (Wildman–Crippen LogP) is 1.40. The Kier molecular flexibility index (Phi) is 3.65. The number of rotatable bonds is 4. The first kappa shape index (κ1) is 12.9. The Morgan fingerprint density at radius 3 is 2.84 bits per heavy atom. The molecule has 100 valence electrons. The molecule has 1 amide bonds. The number of carbonyl (C=O) groups excluding carboxylic acids is 1. The van der Waals surface area contributed by atoms with Crippen LogP contribution in [0.5, 0.6) is 6.01 Å². The average Bonchev–Trinajstić information content (AvgIpc) is 2.92. The molecule has 0 aliphatic rings. The van der Waals surface area contributed by atoms with Crippen LogP contribution in [0.1, 0.15) is 10.4 Å². The zero-order valence-electron chi connectivity index (χ0n) is 10.9. The number of nitrogens with zero attached hydrogens (tertiary/aromatic N) is 3. The average molecular weight is 262 g/mol. The molecular weight excluding hydrogens is 248 g/mol. The van der Waals surface area contributed by atoms with Crippen molar-refractivity contribution in [3.8, 4) is 6.01 Å². The van der Waals surface area contributed by atoms with Gasteiger partial charge in [-0.1, -0.05) is 0 Å². The van der Waals surface area contributed by atoms with E-state index >= 15 is 0 Å². The maximum Gasteiger partial charge on any atom is 0.318 e. The number of furan rings is 1. The third-order valence-corrected chi connectivity index (χ3v) is 2.38. The number of hydrogen-bond donors (Lipinski definition) is 1. The van der Waals surface area contributed by atoms with Crippen molar-refractivity contribution in [2.45, 2.75) is 0 Å². The van der Waals surface area contributed by atoms with Gasteiger partial charge < -0.3 is 19.4 Å². The minimum absolute atomic E-state index is 0.241. The van der Waals surface area contributed by atoms with Gasteiger partial charge in [-0.25, -0.2) is 4.98 Å². The van der Waals surface area contributed by atoms with Gasteiger partial charge in [-0.05, 0) is 6.07 Å². The molecule has 0 fully saturated rings. The SMILES string of the molecule is COc1ncc(NC(=O)c2ccoc2)c(N(C)C)n1. The van der Waals surface area contributed by atoms with Crippen LogP contribution >= 0.6 is 0 Å². The lowest BCUT2D eigenvalue weighted by atomic mass is 10.3. The quantitative estimate of drug-likeness (QED) is 0.897. The minimum atomic E-state index is -0.286. The second kappa shape index (κ2) is 5.38. The van der Waals surface area contributed by atoms with Crippen LogP contribution in [-0.2, 0) is 0 Å². The van der Waals surface area contributed by atoms with Gasteiger partial charge in [0.25, 0.3) is 5.91 Å². The maximum absolute atomic E-state index is 11.9. The number of ether oxygens (including phenoxy) is 1. The van der Waals surface area contributed by atoms with Crippen molar-refractivity contribution in [3.63, 3.8) is 0 Å². The Hall–Kier alpha value is -2.57. The van der Waals surface area contributed by atoms with Crippen LogP contribution < -0.4 is 15.0 Å². The highest BCUT2D eigenvalue weighted by atomic mass is 16.5. The molecule has 0 aromatic carbocycles. The molecule has 2 rings (SSSR count). The van der Waals surface area contributed by atoms with Crippen molar-refractivity contribution in [1.29, 1.82) is 0 Å². The Bertz CT molecular complexity index is 566. The van der Waals surface area contributed by atoms with E-state index < -0.39 is 0 Å². The zero-order valence-corrected chi connectivity index (χ0v) is 10.9. The largest absolute Gasteiger partial charge is 0.472 e. The smallest absolute Gasteiger partial charge is 0.318 e. The molecule has 0 unspecified atom stereocenters. The van der Waals surface area contributed by atoms with Crippen molar-refractivity contribution >= 4 is 17.4 Å². The fraction of sp³-hybridized carbons (Fsp3) is 0.250. The number of methoxy groups -OCH3 is 1. The van der Waals surface area contributed by atoms with E-state index in [0.29, 0.717) is 17.1 Å². The van der Waals surface area contributed by atoms with Gasteiger partial charge in [-0.2, -0.15) is 4.98 Å². The van der Waals surface area contributed by atoms with E-state index in [1.54, 1.807) is 11.0 Å². The van der Waals surface area contributed by atoms with Crippen LogP contribution in [0.3, 0.4) is 0 Å². The summed E-state index contributed by atoms with van der Waals surface area (Å²) >= 11 is 0. The number of anilines is 2. The third-order valence-electron chi connectivity index (χ3n) is 2.38. The minimum Gasteiger partial charge on any atom is -0.472 e. The first-order valence-electron chi connectivity index (χ1n) is 5.53. The second-order valence-electron chi connectivity index (χ2n) is 3.95. The van der Waals surface area contributed by atoms with Crippen molar-refractivity contribution < 1.29 is 13.9 Å². The fourth-order valence-corrected chi connectivity index (χ4v) is 1.47. The van der Waals surface area contributed by atoms with E-state index in [-0.39, 0.29) is 11.9 Å². The Balaban J connectivity index is 2.27. The summed E-state index contributed by atoms with van der Waals surface area (Å²) in [6.07, 6.45) is 4.31. The monoisotopic (exact) mass is 262 g/mol. The molecule has 2 aromatic rings. The van der Waals surface area contributed by atoms with Gasteiger partial charge in [0, 0.05) is 14.1 Å². The molecule has 0 aliphatic heterocycles. The van der Waals surface area contributed by atoms with E-state index in [9.17, 15) is 4.79 Å². The Morgan fingerprint density at radius 2 is 2.26 bits per heavy atom. The Morgan fingerprint density at radius 1 is 1.47 bits per heavy atom. The first-order chi connectivity index (χ1) is 9.11. The number of nitrogens with one attached hydrogen (secondary N) is 1. The van der Waals surface area contributed by atoms with Crippen LogP contribution in [-0.4, -0.2) is 37.1 Å². The van der Waals surface area contributed by atoms with Crippen LogP contribution in [0.4, 0.5) is 11.5 Å². The topological polar surface area (TPSA) is 80.5 Å². The molecule has 1 N–H and O–H groups in total. The molecule has 0 bridgehead atoms. The van der Waals surface area contributed by atoms with Gasteiger partial charge in [0.2, 0.25) is 0 Å². The van der Waals surface area contributed by atoms with Crippen molar-refractivity contribution in [2.75, 3.05) is 31.4 Å². The van der Waals surface area contributed by atoms with E-state index in [0.717, 1.165) is 0 Å². The van der Waals surface area contributed by atoms with Crippen molar-refractivity contribution in [1.82, 2.24) is 9.97 Å². The maximum atomic E-state index is 11.9. The normalized spacial score (nSPS) is 10.1. The lowest BCUT2D eigenvalue weighted by Crippen LogP contribution is -2.18. The number of carbonyl (C=O) groups is 1. The molecule has 0 atom stereocenters. The van der Waals surface area contributed by atoms with Gasteiger partial charge in [-0.3, -0.25) is 4.79 Å². The highest BCUT2D eigenvalue weighted by Crippen LogP contribution is 2.23. The van der Waals surface area contributed by atoms with Gasteiger partial charge in [0.15, 0.2) is 5.82 Å². The first-order valence-corrected chi connectivity index (χ1v) is 5.53. The van der Waals surface area contributed by atoms with Crippen molar-refractivity contribution in [3.05, 3.63) is 30.4 Å². The van der Waals surface area contributed by atoms with Crippen molar-refractivity contribution in [2.24, 2.45) is 0 Å². The molecule has 0 spiro atoms. The molecule has 0 saturated carbocycles. The Labute approximate surface area is 110 Å². The summed E-state index contributed by atoms with van der Waals surface area (Å²) in [6, 6.07) is 1.82.